The van der Waals surface area contributed by atoms with Crippen LogP contribution in [0.2, 0.25) is 0 Å². The fraction of sp³-hybridized carbons (Fsp3) is 0.500. The van der Waals surface area contributed by atoms with Gasteiger partial charge in [-0.2, -0.15) is 9.37 Å². The van der Waals surface area contributed by atoms with E-state index in [0.717, 1.165) is 25.9 Å². The van der Waals surface area contributed by atoms with E-state index in [1.807, 2.05) is 0 Å². The Labute approximate surface area is 108 Å². The van der Waals surface area contributed by atoms with E-state index in [2.05, 4.69) is 10.3 Å². The molecule has 0 aliphatic carbocycles. The normalized spacial score (nSPS) is 14.8. The van der Waals surface area contributed by atoms with Crippen molar-refractivity contribution in [2.75, 3.05) is 25.0 Å². The van der Waals surface area contributed by atoms with Gasteiger partial charge in [-0.3, -0.25) is 4.79 Å². The molecule has 1 aromatic rings. The minimum Gasteiger partial charge on any atom is -0.367 e. The maximum Gasteiger partial charge on any atom is 0.251 e. The third kappa shape index (κ3) is 3.36. The minimum atomic E-state index is -1.37. The van der Waals surface area contributed by atoms with Crippen molar-refractivity contribution in [1.29, 1.82) is 0 Å². The van der Waals surface area contributed by atoms with Crippen LogP contribution < -0.4 is 5.32 Å². The molecule has 4 nitrogen and oxygen atoms in total. The van der Waals surface area contributed by atoms with Crippen LogP contribution in [0.4, 0.5) is 19.0 Å². The smallest absolute Gasteiger partial charge is 0.251 e. The fourth-order valence-corrected chi connectivity index (χ4v) is 1.98. The Morgan fingerprint density at radius 1 is 1.26 bits per heavy atom. The van der Waals surface area contributed by atoms with Gasteiger partial charge in [0.15, 0.2) is 17.5 Å². The van der Waals surface area contributed by atoms with Gasteiger partial charge < -0.3 is 10.2 Å². The minimum absolute atomic E-state index is 0.0343. The van der Waals surface area contributed by atoms with Crippen molar-refractivity contribution >= 4 is 11.7 Å². The highest BCUT2D eigenvalue weighted by Crippen LogP contribution is 2.14. The molecule has 19 heavy (non-hydrogen) atoms. The van der Waals surface area contributed by atoms with Crippen molar-refractivity contribution in [3.8, 4) is 0 Å². The molecule has 1 N–H and O–H groups in total. The summed E-state index contributed by atoms with van der Waals surface area (Å²) in [6, 6.07) is 0.424. The molecule has 1 amide bonds. The van der Waals surface area contributed by atoms with E-state index in [0.29, 0.717) is 6.07 Å². The molecule has 0 atom stereocenters. The number of rotatable bonds is 4. The molecule has 0 radical (unpaired) electrons. The van der Waals surface area contributed by atoms with Crippen molar-refractivity contribution < 1.29 is 18.0 Å². The first-order valence-electron chi connectivity index (χ1n) is 6.11. The lowest BCUT2D eigenvalue weighted by Gasteiger charge is -2.15. The van der Waals surface area contributed by atoms with Crippen molar-refractivity contribution in [3.05, 3.63) is 23.6 Å². The predicted molar refractivity (Wildman–Crippen MR) is 63.0 cm³/mol. The fourth-order valence-electron chi connectivity index (χ4n) is 1.98. The summed E-state index contributed by atoms with van der Waals surface area (Å²) < 4.78 is 38.7. The van der Waals surface area contributed by atoms with Crippen molar-refractivity contribution in [2.24, 2.45) is 0 Å². The zero-order chi connectivity index (χ0) is 13.8. The highest BCUT2D eigenvalue weighted by Gasteiger charge is 2.17. The van der Waals surface area contributed by atoms with E-state index in [-0.39, 0.29) is 24.7 Å². The highest BCUT2D eigenvalue weighted by molar-refractivity contribution is 5.76. The number of anilines is 1. The molecule has 104 valence electrons. The summed E-state index contributed by atoms with van der Waals surface area (Å²) in [4.78, 5) is 16.5. The molecule has 1 aliphatic heterocycles. The van der Waals surface area contributed by atoms with Gasteiger partial charge in [-0.05, 0) is 12.8 Å². The molecule has 1 aliphatic rings. The van der Waals surface area contributed by atoms with Crippen LogP contribution >= 0.6 is 0 Å². The van der Waals surface area contributed by atoms with Crippen LogP contribution in [0.5, 0.6) is 0 Å². The molecular formula is C12H14F3N3O. The second kappa shape index (κ2) is 5.90. The Kier molecular flexibility index (Phi) is 4.24. The summed E-state index contributed by atoms with van der Waals surface area (Å²) in [5.41, 5.74) is 0. The van der Waals surface area contributed by atoms with Crippen LogP contribution in [0.25, 0.3) is 0 Å². The Bertz CT molecular complexity index is 476. The lowest BCUT2D eigenvalue weighted by atomic mass is 10.3. The zero-order valence-corrected chi connectivity index (χ0v) is 10.3. The van der Waals surface area contributed by atoms with Crippen molar-refractivity contribution in [1.82, 2.24) is 9.88 Å². The van der Waals surface area contributed by atoms with E-state index in [4.69, 9.17) is 0 Å². The number of likely N-dealkylation sites (tertiary alicyclic amines) is 1. The van der Waals surface area contributed by atoms with E-state index in [1.54, 1.807) is 4.90 Å². The topological polar surface area (TPSA) is 45.2 Å². The Morgan fingerprint density at radius 3 is 2.63 bits per heavy atom. The SMILES string of the molecule is O=C(CCNc1nc(F)c(F)cc1F)N1CCCC1. The van der Waals surface area contributed by atoms with E-state index in [9.17, 15) is 18.0 Å². The van der Waals surface area contributed by atoms with Gasteiger partial charge in [0, 0.05) is 32.1 Å². The standard InChI is InChI=1S/C12H14F3N3O/c13-8-7-9(14)12(17-11(8)15)16-4-3-10(19)18-5-1-2-6-18/h7H,1-6H2,(H,16,17). The number of nitrogens with one attached hydrogen (secondary N) is 1. The number of aromatic nitrogens is 1. The average molecular weight is 273 g/mol. The summed E-state index contributed by atoms with van der Waals surface area (Å²) in [6.45, 7) is 1.62. The summed E-state index contributed by atoms with van der Waals surface area (Å²) in [5, 5.41) is 2.50. The number of carbonyl (C=O) groups excluding carboxylic acids is 1. The Balaban J connectivity index is 1.85. The third-order valence-electron chi connectivity index (χ3n) is 2.98. The highest BCUT2D eigenvalue weighted by atomic mass is 19.2. The Morgan fingerprint density at radius 2 is 1.95 bits per heavy atom. The number of nitrogens with zero attached hydrogens (tertiary/aromatic N) is 2. The van der Waals surface area contributed by atoms with Gasteiger partial charge in [0.1, 0.15) is 0 Å². The lowest BCUT2D eigenvalue weighted by Crippen LogP contribution is -2.29. The lowest BCUT2D eigenvalue weighted by molar-refractivity contribution is -0.129. The van der Waals surface area contributed by atoms with Crippen molar-refractivity contribution in [3.63, 3.8) is 0 Å². The van der Waals surface area contributed by atoms with Gasteiger partial charge in [-0.25, -0.2) is 8.78 Å². The van der Waals surface area contributed by atoms with E-state index < -0.39 is 17.6 Å². The molecular weight excluding hydrogens is 259 g/mol. The molecule has 0 saturated carbocycles. The second-order valence-electron chi connectivity index (χ2n) is 4.36. The van der Waals surface area contributed by atoms with E-state index >= 15 is 0 Å². The van der Waals surface area contributed by atoms with Crippen LogP contribution in [-0.4, -0.2) is 35.4 Å². The number of halogens is 3. The van der Waals surface area contributed by atoms with Gasteiger partial charge >= 0.3 is 0 Å². The quantitative estimate of drug-likeness (QED) is 0.852. The molecule has 0 bridgehead atoms. The van der Waals surface area contributed by atoms with Gasteiger partial charge in [0.25, 0.3) is 5.95 Å². The van der Waals surface area contributed by atoms with Crippen LogP contribution in [-0.2, 0) is 4.79 Å². The van der Waals surface area contributed by atoms with Crippen molar-refractivity contribution in [2.45, 2.75) is 19.3 Å². The third-order valence-corrected chi connectivity index (χ3v) is 2.98. The monoisotopic (exact) mass is 273 g/mol. The summed E-state index contributed by atoms with van der Waals surface area (Å²) in [7, 11) is 0. The first-order valence-corrected chi connectivity index (χ1v) is 6.11. The second-order valence-corrected chi connectivity index (χ2v) is 4.36. The van der Waals surface area contributed by atoms with Gasteiger partial charge in [0.2, 0.25) is 5.91 Å². The van der Waals surface area contributed by atoms with Gasteiger partial charge in [-0.1, -0.05) is 0 Å². The summed E-state index contributed by atoms with van der Waals surface area (Å²) in [6.07, 6.45) is 2.16. The molecule has 1 aromatic heterocycles. The average Bonchev–Trinajstić information content (AvgIpc) is 2.89. The molecule has 0 aromatic carbocycles. The number of hydrogen-bond donors (Lipinski definition) is 1. The van der Waals surface area contributed by atoms with Crippen LogP contribution in [0.1, 0.15) is 19.3 Å². The number of amides is 1. The molecule has 7 heteroatoms. The predicted octanol–water partition coefficient (Wildman–Crippen LogP) is 1.92. The molecule has 1 fully saturated rings. The molecule has 0 spiro atoms. The van der Waals surface area contributed by atoms with Crippen LogP contribution in [0.15, 0.2) is 6.07 Å². The number of hydrogen-bond acceptors (Lipinski definition) is 3. The largest absolute Gasteiger partial charge is 0.367 e. The first-order chi connectivity index (χ1) is 9.08. The van der Waals surface area contributed by atoms with Crippen LogP contribution in [0, 0.1) is 17.6 Å². The maximum atomic E-state index is 13.2. The maximum absolute atomic E-state index is 13.2. The molecule has 0 unspecified atom stereocenters. The molecule has 2 rings (SSSR count). The summed E-state index contributed by atoms with van der Waals surface area (Å²) >= 11 is 0. The number of pyridine rings is 1. The van der Waals surface area contributed by atoms with Gasteiger partial charge in [0.05, 0.1) is 0 Å². The zero-order valence-electron chi connectivity index (χ0n) is 10.3. The van der Waals surface area contributed by atoms with Crippen LogP contribution in [0.3, 0.4) is 0 Å². The molecule has 2 heterocycles. The summed E-state index contributed by atoms with van der Waals surface area (Å²) in [5.74, 6) is -4.10. The number of carbonyl (C=O) groups is 1. The van der Waals surface area contributed by atoms with E-state index in [1.165, 1.54) is 0 Å². The first kappa shape index (κ1) is 13.6. The van der Waals surface area contributed by atoms with Gasteiger partial charge in [-0.15, -0.1) is 0 Å². The molecule has 1 saturated heterocycles. The Hall–Kier alpha value is -1.79.